The highest BCUT2D eigenvalue weighted by atomic mass is 16.5. The number of ether oxygens (including phenoxy) is 2. The number of fused-ring (bicyclic) bond motifs is 2. The predicted molar refractivity (Wildman–Crippen MR) is 63.4 cm³/mol. The van der Waals surface area contributed by atoms with Crippen molar-refractivity contribution in [1.29, 1.82) is 0 Å². The molecule has 94 valence electrons. The van der Waals surface area contributed by atoms with Gasteiger partial charge in [0.1, 0.15) is 17.8 Å². The smallest absolute Gasteiger partial charge is 0.313 e. The van der Waals surface area contributed by atoms with Crippen LogP contribution in [0, 0.1) is 11.3 Å². The Hall–Kier alpha value is -1.84. The molecule has 2 aliphatic rings. The Morgan fingerprint density at radius 1 is 1.44 bits per heavy atom. The maximum absolute atomic E-state index is 12.4. The van der Waals surface area contributed by atoms with Gasteiger partial charge in [0.05, 0.1) is 17.6 Å². The Kier molecular flexibility index (Phi) is 2.24. The van der Waals surface area contributed by atoms with Gasteiger partial charge < -0.3 is 9.47 Å². The lowest BCUT2D eigenvalue weighted by Gasteiger charge is -2.19. The number of hydrogen-bond donors (Lipinski definition) is 0. The van der Waals surface area contributed by atoms with Gasteiger partial charge in [-0.3, -0.25) is 9.59 Å². The summed E-state index contributed by atoms with van der Waals surface area (Å²) < 4.78 is 10.7. The third-order valence-electron chi connectivity index (χ3n) is 3.85. The molecule has 3 rings (SSSR count). The second-order valence-corrected chi connectivity index (χ2v) is 4.88. The molecule has 1 aliphatic heterocycles. The van der Waals surface area contributed by atoms with E-state index in [1.165, 1.54) is 0 Å². The molecule has 0 N–H and O–H groups in total. The summed E-state index contributed by atoms with van der Waals surface area (Å²) >= 11 is 0. The second kappa shape index (κ2) is 3.57. The maximum atomic E-state index is 12.4. The highest BCUT2D eigenvalue weighted by Gasteiger charge is 2.74. The number of para-hydroxylation sites is 1. The Bertz CT molecular complexity index is 536. The van der Waals surface area contributed by atoms with E-state index in [0.29, 0.717) is 17.9 Å². The van der Waals surface area contributed by atoms with E-state index in [1.807, 2.05) is 6.07 Å². The lowest BCUT2D eigenvalue weighted by molar-refractivity contribution is -0.145. The van der Waals surface area contributed by atoms with Crippen LogP contribution in [0.5, 0.6) is 5.75 Å². The molecule has 1 aliphatic carbocycles. The van der Waals surface area contributed by atoms with Gasteiger partial charge in [-0.15, -0.1) is 0 Å². The zero-order valence-corrected chi connectivity index (χ0v) is 10.3. The van der Waals surface area contributed by atoms with E-state index < -0.39 is 11.3 Å². The number of ketones is 1. The van der Waals surface area contributed by atoms with Gasteiger partial charge >= 0.3 is 5.97 Å². The molecule has 3 atom stereocenters. The fourth-order valence-corrected chi connectivity index (χ4v) is 2.72. The lowest BCUT2D eigenvalue weighted by atomic mass is 9.92. The summed E-state index contributed by atoms with van der Waals surface area (Å²) in [5, 5.41) is 0. The summed E-state index contributed by atoms with van der Waals surface area (Å²) in [7, 11) is 0. The van der Waals surface area contributed by atoms with E-state index in [9.17, 15) is 9.59 Å². The minimum atomic E-state index is -0.749. The first-order valence-corrected chi connectivity index (χ1v) is 6.07. The molecule has 0 amide bonds. The van der Waals surface area contributed by atoms with Gasteiger partial charge in [-0.25, -0.2) is 0 Å². The van der Waals surface area contributed by atoms with E-state index in [4.69, 9.17) is 9.47 Å². The third kappa shape index (κ3) is 1.26. The van der Waals surface area contributed by atoms with Crippen LogP contribution in [0.25, 0.3) is 0 Å². The predicted octanol–water partition coefficient (Wildman–Crippen LogP) is 1.83. The number of Topliss-reactive ketones (excluding diaryl/α,β-unsaturated/α-hetero) is 1. The number of esters is 1. The molecule has 0 spiro atoms. The van der Waals surface area contributed by atoms with Crippen LogP contribution in [0.2, 0.25) is 0 Å². The summed E-state index contributed by atoms with van der Waals surface area (Å²) in [5.74, 6) is -0.271. The normalized spacial score (nSPS) is 32.0. The van der Waals surface area contributed by atoms with Crippen molar-refractivity contribution < 1.29 is 19.1 Å². The van der Waals surface area contributed by atoms with Crippen molar-refractivity contribution in [3.8, 4) is 5.75 Å². The van der Waals surface area contributed by atoms with Crippen LogP contribution in [-0.4, -0.2) is 24.5 Å². The molecule has 0 bridgehead atoms. The van der Waals surface area contributed by atoms with Crippen molar-refractivity contribution >= 4 is 11.8 Å². The van der Waals surface area contributed by atoms with Gasteiger partial charge in [-0.1, -0.05) is 12.1 Å². The minimum absolute atomic E-state index is 0.0209. The van der Waals surface area contributed by atoms with Crippen LogP contribution in [0.4, 0.5) is 0 Å². The van der Waals surface area contributed by atoms with E-state index >= 15 is 0 Å². The molecule has 4 heteroatoms. The molecule has 4 nitrogen and oxygen atoms in total. The first kappa shape index (κ1) is 11.3. The average molecular weight is 246 g/mol. The first-order chi connectivity index (χ1) is 8.60. The molecular formula is C14H14O4. The molecule has 1 fully saturated rings. The summed E-state index contributed by atoms with van der Waals surface area (Å²) in [6, 6.07) is 7.11. The largest absolute Gasteiger partial charge is 0.488 e. The van der Waals surface area contributed by atoms with Gasteiger partial charge in [0, 0.05) is 0 Å². The number of hydrogen-bond acceptors (Lipinski definition) is 4. The summed E-state index contributed by atoms with van der Waals surface area (Å²) in [6.45, 7) is 3.85. The van der Waals surface area contributed by atoms with Crippen LogP contribution in [0.1, 0.15) is 24.2 Å². The van der Waals surface area contributed by atoms with Crippen molar-refractivity contribution in [2.75, 3.05) is 6.61 Å². The van der Waals surface area contributed by atoms with Crippen molar-refractivity contribution in [1.82, 2.24) is 0 Å². The zero-order valence-electron chi connectivity index (χ0n) is 10.3. The first-order valence-electron chi connectivity index (χ1n) is 6.07. The maximum Gasteiger partial charge on any atom is 0.313 e. The summed E-state index contributed by atoms with van der Waals surface area (Å²) in [4.78, 5) is 24.2. The molecule has 0 aromatic heterocycles. The number of rotatable bonds is 2. The Labute approximate surface area is 105 Å². The molecule has 0 radical (unpaired) electrons. The fourth-order valence-electron chi connectivity index (χ4n) is 2.72. The molecule has 18 heavy (non-hydrogen) atoms. The SMILES string of the molecule is CCOC(=O)[C@H]1[C@@H]2Oc3ccccc3C(=O)[C@@]21C. The minimum Gasteiger partial charge on any atom is -0.488 e. The number of carbonyl (C=O) groups is 2. The highest BCUT2D eigenvalue weighted by molar-refractivity contribution is 6.09. The zero-order chi connectivity index (χ0) is 12.9. The Balaban J connectivity index is 1.95. The molecule has 1 saturated carbocycles. The molecule has 1 aromatic rings. The monoisotopic (exact) mass is 246 g/mol. The number of carbonyl (C=O) groups excluding carboxylic acids is 2. The van der Waals surface area contributed by atoms with Crippen molar-refractivity contribution in [2.24, 2.45) is 11.3 Å². The quantitative estimate of drug-likeness (QED) is 0.747. The van der Waals surface area contributed by atoms with E-state index in [2.05, 4.69) is 0 Å². The van der Waals surface area contributed by atoms with Crippen molar-refractivity contribution in [2.45, 2.75) is 20.0 Å². The summed E-state index contributed by atoms with van der Waals surface area (Å²) in [5.41, 5.74) is -0.191. The van der Waals surface area contributed by atoms with Gasteiger partial charge in [0.2, 0.25) is 0 Å². The van der Waals surface area contributed by atoms with E-state index in [-0.39, 0.29) is 17.9 Å². The topological polar surface area (TPSA) is 52.6 Å². The van der Waals surface area contributed by atoms with Crippen LogP contribution in [0.3, 0.4) is 0 Å². The van der Waals surface area contributed by atoms with Crippen LogP contribution >= 0.6 is 0 Å². The van der Waals surface area contributed by atoms with E-state index in [0.717, 1.165) is 0 Å². The molecule has 0 unspecified atom stereocenters. The van der Waals surface area contributed by atoms with E-state index in [1.54, 1.807) is 32.0 Å². The molecule has 1 heterocycles. The van der Waals surface area contributed by atoms with Crippen LogP contribution in [0.15, 0.2) is 24.3 Å². The summed E-state index contributed by atoms with van der Waals surface area (Å²) in [6.07, 6.45) is -0.376. The molecular weight excluding hydrogens is 232 g/mol. The van der Waals surface area contributed by atoms with Crippen LogP contribution in [-0.2, 0) is 9.53 Å². The molecule has 0 saturated heterocycles. The highest BCUT2D eigenvalue weighted by Crippen LogP contribution is 2.60. The Morgan fingerprint density at radius 2 is 2.17 bits per heavy atom. The van der Waals surface area contributed by atoms with Crippen LogP contribution < -0.4 is 4.74 Å². The van der Waals surface area contributed by atoms with Gasteiger partial charge in [0.15, 0.2) is 5.78 Å². The average Bonchev–Trinajstić information content (AvgIpc) is 2.97. The Morgan fingerprint density at radius 3 is 2.89 bits per heavy atom. The third-order valence-corrected chi connectivity index (χ3v) is 3.85. The standard InChI is InChI=1S/C14H14O4/c1-3-17-13(16)10-12-14(10,2)11(15)8-6-4-5-7-9(8)18-12/h4-7,10,12H,3H2,1-2H3/t10-,12+,14+/m1/s1. The lowest BCUT2D eigenvalue weighted by Crippen LogP contribution is -2.25. The fraction of sp³-hybridized carbons (Fsp3) is 0.429. The van der Waals surface area contributed by atoms with Gasteiger partial charge in [0.25, 0.3) is 0 Å². The van der Waals surface area contributed by atoms with Gasteiger partial charge in [-0.2, -0.15) is 0 Å². The molecule has 1 aromatic carbocycles. The van der Waals surface area contributed by atoms with Gasteiger partial charge in [-0.05, 0) is 26.0 Å². The van der Waals surface area contributed by atoms with Crippen molar-refractivity contribution in [3.63, 3.8) is 0 Å². The van der Waals surface area contributed by atoms with Crippen molar-refractivity contribution in [3.05, 3.63) is 29.8 Å². The second-order valence-electron chi connectivity index (χ2n) is 4.88. The number of benzene rings is 1.